The third kappa shape index (κ3) is 4.41. The zero-order valence-electron chi connectivity index (χ0n) is 19.1. The summed E-state index contributed by atoms with van der Waals surface area (Å²) in [6, 6.07) is 6.97. The summed E-state index contributed by atoms with van der Waals surface area (Å²) in [6.07, 6.45) is 0. The van der Waals surface area contributed by atoms with Crippen LogP contribution in [0.2, 0.25) is 0 Å². The number of benzene rings is 2. The average Bonchev–Trinajstić information content (AvgIpc) is 3.14. The summed E-state index contributed by atoms with van der Waals surface area (Å²) in [7, 11) is -4.62. The monoisotopic (exact) mass is 505 g/mol. The Morgan fingerprint density at radius 3 is 2.00 bits per heavy atom. The van der Waals surface area contributed by atoms with Crippen molar-refractivity contribution in [2.24, 2.45) is 0 Å². The number of esters is 2. The Bertz CT molecular complexity index is 1240. The number of nitro benzene ring substituents is 1. The van der Waals surface area contributed by atoms with E-state index in [2.05, 4.69) is 5.32 Å². The molecule has 2 aromatic carbocycles. The summed E-state index contributed by atoms with van der Waals surface area (Å²) in [4.78, 5) is 49.7. The van der Waals surface area contributed by atoms with Crippen LogP contribution in [0.25, 0.3) is 0 Å². The molecule has 0 aromatic heterocycles. The second-order valence-electron chi connectivity index (χ2n) is 7.54. The van der Waals surface area contributed by atoms with Gasteiger partial charge in [-0.25, -0.2) is 27.1 Å². The van der Waals surface area contributed by atoms with E-state index in [-0.39, 0.29) is 29.4 Å². The van der Waals surface area contributed by atoms with E-state index in [9.17, 15) is 32.9 Å². The molecule has 13 heteroatoms. The van der Waals surface area contributed by atoms with Crippen molar-refractivity contribution >= 4 is 33.7 Å². The molecule has 1 aliphatic heterocycles. The molecule has 0 radical (unpaired) electrons. The largest absolute Gasteiger partial charge is 0.464 e. The van der Waals surface area contributed by atoms with Crippen molar-refractivity contribution in [3.05, 3.63) is 69.8 Å². The number of hydrogen-bond donors (Lipinski definition) is 1. The Labute approximate surface area is 201 Å². The van der Waals surface area contributed by atoms with Gasteiger partial charge in [0.25, 0.3) is 21.2 Å². The number of non-ortho nitro benzene ring substituents is 1. The highest BCUT2D eigenvalue weighted by molar-refractivity contribution is 7.89. The first-order valence-corrected chi connectivity index (χ1v) is 12.0. The predicted octanol–water partition coefficient (Wildman–Crippen LogP) is 2.22. The van der Waals surface area contributed by atoms with Gasteiger partial charge in [0.05, 0.1) is 23.0 Å². The first-order chi connectivity index (χ1) is 16.5. The van der Waals surface area contributed by atoms with Gasteiger partial charge in [0, 0.05) is 12.1 Å². The predicted molar refractivity (Wildman–Crippen MR) is 121 cm³/mol. The fourth-order valence-electron chi connectivity index (χ4n) is 3.72. The molecular weight excluding hydrogens is 482 g/mol. The maximum absolute atomic E-state index is 13.6. The molecule has 1 aliphatic rings. The minimum Gasteiger partial charge on any atom is -0.464 e. The highest BCUT2D eigenvalue weighted by atomic mass is 32.2. The van der Waals surface area contributed by atoms with E-state index >= 15 is 0 Å². The van der Waals surface area contributed by atoms with Crippen LogP contribution in [0.4, 0.5) is 10.5 Å². The quantitative estimate of drug-likeness (QED) is 0.245. The third-order valence-electron chi connectivity index (χ3n) is 5.34. The molecule has 1 fully saturated rings. The van der Waals surface area contributed by atoms with Crippen molar-refractivity contribution in [2.75, 3.05) is 13.2 Å². The van der Waals surface area contributed by atoms with Crippen molar-refractivity contribution in [3.63, 3.8) is 0 Å². The van der Waals surface area contributed by atoms with Crippen LogP contribution in [0.15, 0.2) is 53.4 Å². The summed E-state index contributed by atoms with van der Waals surface area (Å²) >= 11 is 0. The maximum atomic E-state index is 13.6. The number of amides is 2. The lowest BCUT2D eigenvalue weighted by Gasteiger charge is -2.32. The van der Waals surface area contributed by atoms with Crippen LogP contribution < -0.4 is 5.32 Å². The second kappa shape index (κ2) is 9.70. The second-order valence-corrected chi connectivity index (χ2v) is 9.36. The van der Waals surface area contributed by atoms with Gasteiger partial charge in [-0.15, -0.1) is 0 Å². The number of carbonyl (C=O) groups excluding carboxylic acids is 3. The number of aryl methyl sites for hydroxylation is 1. The molecule has 0 spiro atoms. The molecule has 1 N–H and O–H groups in total. The summed E-state index contributed by atoms with van der Waals surface area (Å²) < 4.78 is 37.7. The molecule has 1 saturated heterocycles. The van der Waals surface area contributed by atoms with E-state index in [0.29, 0.717) is 4.31 Å². The van der Waals surface area contributed by atoms with Crippen LogP contribution in [0.3, 0.4) is 0 Å². The summed E-state index contributed by atoms with van der Waals surface area (Å²) in [5, 5.41) is 13.3. The van der Waals surface area contributed by atoms with E-state index in [1.807, 2.05) is 0 Å². The smallest absolute Gasteiger partial charge is 0.346 e. The molecular formula is C22H23N3O9S. The Morgan fingerprint density at radius 1 is 1.03 bits per heavy atom. The van der Waals surface area contributed by atoms with Gasteiger partial charge in [0.1, 0.15) is 6.04 Å². The van der Waals surface area contributed by atoms with Crippen LogP contribution in [-0.2, 0) is 29.1 Å². The molecule has 0 saturated carbocycles. The average molecular weight is 506 g/mol. The fourth-order valence-corrected chi connectivity index (χ4v) is 5.25. The molecule has 3 rings (SSSR count). The normalized spacial score (nSPS) is 16.9. The van der Waals surface area contributed by atoms with Crippen molar-refractivity contribution < 1.29 is 37.2 Å². The van der Waals surface area contributed by atoms with Gasteiger partial charge in [-0.3, -0.25) is 10.1 Å². The van der Waals surface area contributed by atoms with E-state index in [4.69, 9.17) is 9.47 Å². The van der Waals surface area contributed by atoms with Crippen LogP contribution >= 0.6 is 0 Å². The first kappa shape index (κ1) is 25.6. The lowest BCUT2D eigenvalue weighted by molar-refractivity contribution is -0.384. The zero-order chi connectivity index (χ0) is 26.0. The van der Waals surface area contributed by atoms with E-state index < -0.39 is 44.5 Å². The Kier molecular flexibility index (Phi) is 7.10. The lowest BCUT2D eigenvalue weighted by atomic mass is 9.86. The molecule has 0 unspecified atom stereocenters. The summed E-state index contributed by atoms with van der Waals surface area (Å²) in [6.45, 7) is 4.30. The number of sulfonamides is 1. The standard InChI is InChI=1S/C22H23N3O9S/c1-4-33-19(26)22(20(27)34-5-2)18(15-8-10-16(11-9-15)25(29)30)24(21(28)23-22)35(31,32)17-12-6-14(3)7-13-17/h6-13,18H,4-5H2,1-3H3,(H,23,28)/t18-/m1/s1. The van der Waals surface area contributed by atoms with E-state index in [1.165, 1.54) is 38.1 Å². The van der Waals surface area contributed by atoms with Gasteiger partial charge >= 0.3 is 18.0 Å². The first-order valence-electron chi connectivity index (χ1n) is 10.5. The molecule has 12 nitrogen and oxygen atoms in total. The fraction of sp³-hybridized carbons (Fsp3) is 0.318. The molecule has 0 bridgehead atoms. The van der Waals surface area contributed by atoms with Crippen molar-refractivity contribution in [2.45, 2.75) is 37.2 Å². The highest BCUT2D eigenvalue weighted by Gasteiger charge is 2.67. The SMILES string of the molecule is CCOC(=O)C1(C(=O)OCC)NC(=O)N(S(=O)(=O)c2ccc(C)cc2)[C@@H]1c1ccc([N+](=O)[O-])cc1. The third-order valence-corrected chi connectivity index (χ3v) is 7.10. The number of nitrogens with one attached hydrogen (secondary N) is 1. The molecule has 1 atom stereocenters. The number of carbonyl (C=O) groups is 3. The number of nitrogens with zero attached hydrogens (tertiary/aromatic N) is 2. The zero-order valence-corrected chi connectivity index (χ0v) is 19.9. The number of nitro groups is 1. The molecule has 2 aromatic rings. The summed E-state index contributed by atoms with van der Waals surface area (Å²) in [5.74, 6) is -2.48. The lowest BCUT2D eigenvalue weighted by Crippen LogP contribution is -2.60. The minimum absolute atomic E-state index is 0.0502. The minimum atomic E-state index is -4.62. The number of rotatable bonds is 8. The van der Waals surface area contributed by atoms with Crippen molar-refractivity contribution in [1.82, 2.24) is 9.62 Å². The number of hydrogen-bond acceptors (Lipinski definition) is 9. The molecule has 0 aliphatic carbocycles. The Morgan fingerprint density at radius 2 is 1.54 bits per heavy atom. The van der Waals surface area contributed by atoms with Crippen LogP contribution in [0.1, 0.15) is 31.0 Å². The Balaban J connectivity index is 2.30. The van der Waals surface area contributed by atoms with E-state index in [1.54, 1.807) is 6.92 Å². The van der Waals surface area contributed by atoms with Crippen molar-refractivity contribution in [3.8, 4) is 0 Å². The Hall–Kier alpha value is -4.00. The van der Waals surface area contributed by atoms with Gasteiger partial charge < -0.3 is 14.8 Å². The molecule has 1 heterocycles. The van der Waals surface area contributed by atoms with Gasteiger partial charge in [-0.1, -0.05) is 17.7 Å². The highest BCUT2D eigenvalue weighted by Crippen LogP contribution is 2.43. The van der Waals surface area contributed by atoms with Crippen molar-refractivity contribution in [1.29, 1.82) is 0 Å². The number of urea groups is 1. The van der Waals surface area contributed by atoms with E-state index in [0.717, 1.165) is 29.8 Å². The van der Waals surface area contributed by atoms with Crippen LogP contribution in [-0.4, -0.2) is 54.4 Å². The van der Waals surface area contributed by atoms with Gasteiger partial charge in [-0.2, -0.15) is 0 Å². The van der Waals surface area contributed by atoms with Gasteiger partial charge in [0.15, 0.2) is 0 Å². The van der Waals surface area contributed by atoms with Gasteiger partial charge in [0.2, 0.25) is 0 Å². The summed E-state index contributed by atoms with van der Waals surface area (Å²) in [5.41, 5.74) is -2.21. The maximum Gasteiger partial charge on any atom is 0.346 e. The molecule has 2 amide bonds. The topological polar surface area (TPSA) is 162 Å². The molecule has 35 heavy (non-hydrogen) atoms. The van der Waals surface area contributed by atoms with Crippen LogP contribution in [0.5, 0.6) is 0 Å². The number of ether oxygens (including phenoxy) is 2. The van der Waals surface area contributed by atoms with Crippen LogP contribution in [0, 0.1) is 17.0 Å². The molecule has 186 valence electrons. The van der Waals surface area contributed by atoms with Gasteiger partial charge in [-0.05, 0) is 50.6 Å².